The first-order valence-corrected chi connectivity index (χ1v) is 5.77. The third-order valence-electron chi connectivity index (χ3n) is 4.20. The van der Waals surface area contributed by atoms with Gasteiger partial charge in [-0.25, -0.2) is 0 Å². The first-order chi connectivity index (χ1) is 6.69. The van der Waals surface area contributed by atoms with Crippen molar-refractivity contribution in [3.05, 3.63) is 0 Å². The highest BCUT2D eigenvalue weighted by atomic mass is 16.5. The predicted molar refractivity (Wildman–Crippen MR) is 54.8 cm³/mol. The highest BCUT2D eigenvalue weighted by molar-refractivity contribution is 5.77. The van der Waals surface area contributed by atoms with Crippen molar-refractivity contribution < 1.29 is 9.53 Å². The van der Waals surface area contributed by atoms with E-state index in [4.69, 9.17) is 4.74 Å². The molecule has 3 atom stereocenters. The Balaban J connectivity index is 2.23. The molecule has 0 aliphatic heterocycles. The molecule has 2 aliphatic carbocycles. The molecular formula is C12H20O2. The highest BCUT2D eigenvalue weighted by Crippen LogP contribution is 2.54. The van der Waals surface area contributed by atoms with Crippen LogP contribution in [0.3, 0.4) is 0 Å². The molecule has 0 N–H and O–H groups in total. The number of carbonyl (C=O) groups is 1. The Kier molecular flexibility index (Phi) is 2.54. The van der Waals surface area contributed by atoms with Crippen LogP contribution >= 0.6 is 0 Å². The van der Waals surface area contributed by atoms with E-state index in [1.54, 1.807) is 0 Å². The van der Waals surface area contributed by atoms with E-state index in [-0.39, 0.29) is 11.4 Å². The van der Waals surface area contributed by atoms with Gasteiger partial charge in [0.15, 0.2) is 0 Å². The van der Waals surface area contributed by atoms with E-state index in [2.05, 4.69) is 6.92 Å². The molecule has 0 saturated heterocycles. The molecule has 0 heterocycles. The largest absolute Gasteiger partial charge is 0.469 e. The Morgan fingerprint density at radius 2 is 2.21 bits per heavy atom. The standard InChI is InChI=1S/C12H20O2/c1-9-7-10-5-3-4-6-12(10,8-9)11(13)14-2/h9-10H,3-8H2,1-2H3/t9-,10-,12-/m1/s1. The summed E-state index contributed by atoms with van der Waals surface area (Å²) in [6, 6.07) is 0. The van der Waals surface area contributed by atoms with Crippen molar-refractivity contribution in [2.75, 3.05) is 7.11 Å². The van der Waals surface area contributed by atoms with E-state index in [0.717, 1.165) is 12.8 Å². The normalized spacial score (nSPS) is 41.9. The summed E-state index contributed by atoms with van der Waals surface area (Å²) in [6.45, 7) is 2.27. The fourth-order valence-corrected chi connectivity index (χ4v) is 3.67. The number of hydrogen-bond acceptors (Lipinski definition) is 2. The highest BCUT2D eigenvalue weighted by Gasteiger charge is 2.52. The van der Waals surface area contributed by atoms with Crippen LogP contribution in [0.2, 0.25) is 0 Å². The second kappa shape index (κ2) is 3.56. The van der Waals surface area contributed by atoms with Crippen molar-refractivity contribution in [3.8, 4) is 0 Å². The Bertz CT molecular complexity index is 236. The molecule has 2 nitrogen and oxygen atoms in total. The summed E-state index contributed by atoms with van der Waals surface area (Å²) < 4.78 is 5.00. The van der Waals surface area contributed by atoms with Gasteiger partial charge in [-0.1, -0.05) is 19.8 Å². The minimum atomic E-state index is -0.0909. The number of esters is 1. The molecule has 0 bridgehead atoms. The maximum atomic E-state index is 11.9. The molecule has 2 fully saturated rings. The zero-order valence-corrected chi connectivity index (χ0v) is 9.21. The van der Waals surface area contributed by atoms with Crippen LogP contribution in [0.5, 0.6) is 0 Å². The molecular weight excluding hydrogens is 176 g/mol. The lowest BCUT2D eigenvalue weighted by atomic mass is 9.68. The van der Waals surface area contributed by atoms with Crippen molar-refractivity contribution in [3.63, 3.8) is 0 Å². The lowest BCUT2D eigenvalue weighted by Gasteiger charge is -2.36. The van der Waals surface area contributed by atoms with Gasteiger partial charge in [-0.15, -0.1) is 0 Å². The fraction of sp³-hybridized carbons (Fsp3) is 0.917. The van der Waals surface area contributed by atoms with Gasteiger partial charge in [0, 0.05) is 0 Å². The summed E-state index contributed by atoms with van der Waals surface area (Å²) >= 11 is 0. The maximum Gasteiger partial charge on any atom is 0.312 e. The first-order valence-electron chi connectivity index (χ1n) is 5.77. The Hall–Kier alpha value is -0.530. The van der Waals surface area contributed by atoms with Gasteiger partial charge in [-0.05, 0) is 37.5 Å². The van der Waals surface area contributed by atoms with Crippen LogP contribution in [-0.2, 0) is 9.53 Å². The molecule has 0 radical (unpaired) electrons. The number of rotatable bonds is 1. The molecule has 0 aromatic heterocycles. The van der Waals surface area contributed by atoms with Crippen LogP contribution in [-0.4, -0.2) is 13.1 Å². The van der Waals surface area contributed by atoms with Crippen molar-refractivity contribution in [1.29, 1.82) is 0 Å². The van der Waals surface area contributed by atoms with E-state index in [1.807, 2.05) is 0 Å². The topological polar surface area (TPSA) is 26.3 Å². The molecule has 0 amide bonds. The SMILES string of the molecule is COC(=O)[C@@]12CCCC[C@@H]1C[C@@H](C)C2. The van der Waals surface area contributed by atoms with E-state index in [1.165, 1.54) is 32.8 Å². The molecule has 80 valence electrons. The van der Waals surface area contributed by atoms with Gasteiger partial charge >= 0.3 is 5.97 Å². The molecule has 2 aliphatic rings. The van der Waals surface area contributed by atoms with Crippen LogP contribution in [0.25, 0.3) is 0 Å². The second-order valence-corrected chi connectivity index (χ2v) is 5.14. The monoisotopic (exact) mass is 196 g/mol. The maximum absolute atomic E-state index is 11.9. The molecule has 0 aromatic carbocycles. The van der Waals surface area contributed by atoms with Gasteiger partial charge in [0.25, 0.3) is 0 Å². The molecule has 0 spiro atoms. The molecule has 0 aromatic rings. The minimum Gasteiger partial charge on any atom is -0.469 e. The van der Waals surface area contributed by atoms with Crippen molar-refractivity contribution in [2.45, 2.75) is 45.4 Å². The van der Waals surface area contributed by atoms with E-state index >= 15 is 0 Å². The summed E-state index contributed by atoms with van der Waals surface area (Å²) in [5.74, 6) is 1.38. The quantitative estimate of drug-likeness (QED) is 0.603. The zero-order valence-electron chi connectivity index (χ0n) is 9.21. The second-order valence-electron chi connectivity index (χ2n) is 5.14. The molecule has 2 heteroatoms. The van der Waals surface area contributed by atoms with Gasteiger partial charge < -0.3 is 4.74 Å². The third-order valence-corrected chi connectivity index (χ3v) is 4.20. The summed E-state index contributed by atoms with van der Waals surface area (Å²) in [5.41, 5.74) is -0.0909. The minimum absolute atomic E-state index is 0.0616. The van der Waals surface area contributed by atoms with Crippen LogP contribution in [0.4, 0.5) is 0 Å². The van der Waals surface area contributed by atoms with Gasteiger partial charge in [-0.3, -0.25) is 4.79 Å². The summed E-state index contributed by atoms with van der Waals surface area (Å²) in [4.78, 5) is 11.9. The fourth-order valence-electron chi connectivity index (χ4n) is 3.67. The number of methoxy groups -OCH3 is 1. The predicted octanol–water partition coefficient (Wildman–Crippen LogP) is 2.77. The van der Waals surface area contributed by atoms with E-state index in [9.17, 15) is 4.79 Å². The number of ether oxygens (including phenoxy) is 1. The lowest BCUT2D eigenvalue weighted by Crippen LogP contribution is -2.38. The summed E-state index contributed by atoms with van der Waals surface area (Å²) in [5, 5.41) is 0. The third kappa shape index (κ3) is 1.35. The van der Waals surface area contributed by atoms with Crippen LogP contribution in [0.1, 0.15) is 45.4 Å². The Labute approximate surface area is 86.0 Å². The number of hydrogen-bond donors (Lipinski definition) is 0. The van der Waals surface area contributed by atoms with Crippen LogP contribution < -0.4 is 0 Å². The van der Waals surface area contributed by atoms with Crippen LogP contribution in [0, 0.1) is 17.3 Å². The van der Waals surface area contributed by atoms with E-state index in [0.29, 0.717) is 11.8 Å². The van der Waals surface area contributed by atoms with Gasteiger partial charge in [0.05, 0.1) is 12.5 Å². The van der Waals surface area contributed by atoms with Gasteiger partial charge in [0.2, 0.25) is 0 Å². The van der Waals surface area contributed by atoms with Gasteiger partial charge in [-0.2, -0.15) is 0 Å². The smallest absolute Gasteiger partial charge is 0.312 e. The Morgan fingerprint density at radius 3 is 2.93 bits per heavy atom. The first kappa shape index (κ1) is 10.0. The summed E-state index contributed by atoms with van der Waals surface area (Å²) in [7, 11) is 1.53. The average Bonchev–Trinajstić information content (AvgIpc) is 2.53. The number of fused-ring (bicyclic) bond motifs is 1. The van der Waals surface area contributed by atoms with E-state index < -0.39 is 0 Å². The Morgan fingerprint density at radius 1 is 1.43 bits per heavy atom. The molecule has 2 rings (SSSR count). The van der Waals surface area contributed by atoms with Gasteiger partial charge in [0.1, 0.15) is 0 Å². The average molecular weight is 196 g/mol. The van der Waals surface area contributed by atoms with Crippen LogP contribution in [0.15, 0.2) is 0 Å². The van der Waals surface area contributed by atoms with Crippen molar-refractivity contribution in [1.82, 2.24) is 0 Å². The molecule has 0 unspecified atom stereocenters. The molecule has 14 heavy (non-hydrogen) atoms. The van der Waals surface area contributed by atoms with Crippen molar-refractivity contribution in [2.24, 2.45) is 17.3 Å². The lowest BCUT2D eigenvalue weighted by molar-refractivity contribution is -0.157. The summed E-state index contributed by atoms with van der Waals surface area (Å²) in [6.07, 6.45) is 7.10. The zero-order chi connectivity index (χ0) is 10.2. The number of carbonyl (C=O) groups excluding carboxylic acids is 1. The van der Waals surface area contributed by atoms with Crippen molar-refractivity contribution >= 4 is 5.97 Å². The molecule has 2 saturated carbocycles.